The zero-order chi connectivity index (χ0) is 20.7. The van der Waals surface area contributed by atoms with Crippen LogP contribution in [0.5, 0.6) is 0 Å². The highest BCUT2D eigenvalue weighted by Crippen LogP contribution is 2.37. The van der Waals surface area contributed by atoms with Crippen LogP contribution in [0, 0.1) is 6.92 Å². The smallest absolute Gasteiger partial charge is 0.264 e. The maximum absolute atomic E-state index is 11.6. The van der Waals surface area contributed by atoms with Crippen molar-refractivity contribution in [2.75, 3.05) is 11.4 Å². The summed E-state index contributed by atoms with van der Waals surface area (Å²) in [5.74, 6) is 2.08. The Morgan fingerprint density at radius 3 is 2.90 bits per heavy atom. The van der Waals surface area contributed by atoms with Gasteiger partial charge in [0.1, 0.15) is 5.69 Å². The van der Waals surface area contributed by atoms with Crippen LogP contribution in [0.15, 0.2) is 51.9 Å². The fourth-order valence-electron chi connectivity index (χ4n) is 4.01. The molecule has 30 heavy (non-hydrogen) atoms. The normalized spacial score (nSPS) is 16.3. The largest absolute Gasteiger partial charge is 0.356 e. The van der Waals surface area contributed by atoms with Crippen molar-refractivity contribution in [2.24, 2.45) is 7.05 Å². The summed E-state index contributed by atoms with van der Waals surface area (Å²) in [4.78, 5) is 13.8. The van der Waals surface area contributed by atoms with E-state index in [0.29, 0.717) is 11.4 Å². The van der Waals surface area contributed by atoms with Gasteiger partial charge in [-0.25, -0.2) is 5.10 Å². The van der Waals surface area contributed by atoms with Crippen molar-refractivity contribution in [1.82, 2.24) is 30.1 Å². The summed E-state index contributed by atoms with van der Waals surface area (Å²) in [6.45, 7) is 2.90. The van der Waals surface area contributed by atoms with Gasteiger partial charge < -0.3 is 9.42 Å². The highest BCUT2D eigenvalue weighted by Gasteiger charge is 2.32. The summed E-state index contributed by atoms with van der Waals surface area (Å²) in [6, 6.07) is 11.7. The van der Waals surface area contributed by atoms with Gasteiger partial charge in [-0.05, 0) is 25.8 Å². The van der Waals surface area contributed by atoms with Crippen LogP contribution in [0.25, 0.3) is 22.7 Å². The predicted molar refractivity (Wildman–Crippen MR) is 111 cm³/mol. The summed E-state index contributed by atoms with van der Waals surface area (Å²) in [7, 11) is 1.89. The molecule has 0 spiro atoms. The third kappa shape index (κ3) is 3.18. The Labute approximate surface area is 172 Å². The molecule has 1 aromatic carbocycles. The van der Waals surface area contributed by atoms with E-state index < -0.39 is 0 Å². The quantitative estimate of drug-likeness (QED) is 0.558. The zero-order valence-corrected chi connectivity index (χ0v) is 16.7. The van der Waals surface area contributed by atoms with Crippen molar-refractivity contribution in [3.63, 3.8) is 0 Å². The Kier molecular flexibility index (Phi) is 4.42. The van der Waals surface area contributed by atoms with Crippen molar-refractivity contribution in [2.45, 2.75) is 25.8 Å². The lowest BCUT2D eigenvalue weighted by Crippen LogP contribution is -2.25. The van der Waals surface area contributed by atoms with Gasteiger partial charge in [0.05, 0.1) is 12.2 Å². The van der Waals surface area contributed by atoms with Gasteiger partial charge in [0.2, 0.25) is 5.95 Å². The van der Waals surface area contributed by atoms with Crippen molar-refractivity contribution >= 4 is 5.95 Å². The van der Waals surface area contributed by atoms with Crippen LogP contribution in [0.3, 0.4) is 0 Å². The summed E-state index contributed by atoms with van der Waals surface area (Å²) < 4.78 is 7.54. The van der Waals surface area contributed by atoms with E-state index in [2.05, 4.69) is 49.5 Å². The first-order valence-electron chi connectivity index (χ1n) is 9.85. The second-order valence-corrected chi connectivity index (χ2v) is 7.55. The highest BCUT2D eigenvalue weighted by atomic mass is 16.5. The molecule has 3 aromatic heterocycles. The van der Waals surface area contributed by atoms with Crippen LogP contribution in [0.1, 0.15) is 30.1 Å². The molecule has 9 heteroatoms. The van der Waals surface area contributed by atoms with E-state index in [9.17, 15) is 4.79 Å². The van der Waals surface area contributed by atoms with E-state index in [4.69, 9.17) is 4.52 Å². The highest BCUT2D eigenvalue weighted by molar-refractivity contribution is 5.59. The van der Waals surface area contributed by atoms with Crippen molar-refractivity contribution in [1.29, 1.82) is 0 Å². The molecule has 0 amide bonds. The number of rotatable bonds is 4. The number of aromatic amines is 1. The minimum Gasteiger partial charge on any atom is -0.356 e. The molecule has 0 radical (unpaired) electrons. The van der Waals surface area contributed by atoms with E-state index in [1.165, 1.54) is 11.6 Å². The summed E-state index contributed by atoms with van der Waals surface area (Å²) in [6.07, 6.45) is 3.54. The van der Waals surface area contributed by atoms with Crippen molar-refractivity contribution < 1.29 is 4.52 Å². The van der Waals surface area contributed by atoms with Crippen LogP contribution < -0.4 is 10.5 Å². The van der Waals surface area contributed by atoms with Gasteiger partial charge >= 0.3 is 0 Å². The lowest BCUT2D eigenvalue weighted by molar-refractivity contribution is 0.416. The number of nitrogens with zero attached hydrogens (tertiary/aromatic N) is 6. The molecule has 1 N–H and O–H groups in total. The average Bonchev–Trinajstić information content (AvgIpc) is 3.47. The standard InChI is InChI=1S/C21H21N7O2/c1-13-5-3-6-14(9-13)18-11-16(26-30-18)17-7-4-8-28(17)21-25-24-20(27(21)2)15-10-19(29)23-22-12-15/h3,5-6,9-12,17H,4,7-8H2,1-2H3,(H,23,29). The SMILES string of the molecule is Cc1cccc(-c2cc(C3CCCN3c3nnc(-c4cn[nH]c(=O)c4)n3C)no2)c1. The van der Waals surface area contributed by atoms with Gasteiger partial charge in [-0.15, -0.1) is 10.2 Å². The van der Waals surface area contributed by atoms with Crippen LogP contribution in [-0.4, -0.2) is 36.7 Å². The number of anilines is 1. The molecular weight excluding hydrogens is 382 g/mol. The third-order valence-corrected chi connectivity index (χ3v) is 5.46. The first-order valence-corrected chi connectivity index (χ1v) is 9.85. The van der Waals surface area contributed by atoms with E-state index in [0.717, 1.165) is 42.4 Å². The number of aromatic nitrogens is 6. The van der Waals surface area contributed by atoms with Crippen LogP contribution in [0.4, 0.5) is 5.95 Å². The molecule has 152 valence electrons. The predicted octanol–water partition coefficient (Wildman–Crippen LogP) is 2.87. The molecule has 1 atom stereocenters. The topological polar surface area (TPSA) is 106 Å². The number of benzene rings is 1. The third-order valence-electron chi connectivity index (χ3n) is 5.46. The number of aryl methyl sites for hydroxylation is 1. The molecule has 0 saturated carbocycles. The molecule has 1 aliphatic heterocycles. The second-order valence-electron chi connectivity index (χ2n) is 7.55. The van der Waals surface area contributed by atoms with Gasteiger partial charge in [0.25, 0.3) is 5.56 Å². The molecule has 0 bridgehead atoms. The van der Waals surface area contributed by atoms with Gasteiger partial charge in [-0.2, -0.15) is 5.10 Å². The fraction of sp³-hybridized carbons (Fsp3) is 0.286. The van der Waals surface area contributed by atoms with E-state index in [1.54, 1.807) is 6.20 Å². The minimum absolute atomic E-state index is 0.0559. The Balaban J connectivity index is 1.46. The first kappa shape index (κ1) is 18.3. The Bertz CT molecular complexity index is 1260. The second kappa shape index (κ2) is 7.25. The van der Waals surface area contributed by atoms with E-state index in [1.807, 2.05) is 29.8 Å². The lowest BCUT2D eigenvalue weighted by atomic mass is 10.1. The molecule has 5 rings (SSSR count). The van der Waals surface area contributed by atoms with Gasteiger partial charge in [-0.3, -0.25) is 9.36 Å². The molecule has 9 nitrogen and oxygen atoms in total. The maximum atomic E-state index is 11.6. The van der Waals surface area contributed by atoms with Crippen LogP contribution >= 0.6 is 0 Å². The minimum atomic E-state index is -0.276. The first-order chi connectivity index (χ1) is 14.6. The maximum Gasteiger partial charge on any atom is 0.264 e. The van der Waals surface area contributed by atoms with Gasteiger partial charge in [-0.1, -0.05) is 28.9 Å². The summed E-state index contributed by atoms with van der Waals surface area (Å²) in [5.41, 5.74) is 3.42. The molecule has 0 aliphatic carbocycles. The van der Waals surface area contributed by atoms with Gasteiger partial charge in [0, 0.05) is 36.9 Å². The molecule has 1 saturated heterocycles. The molecule has 1 aliphatic rings. The Hall–Kier alpha value is -3.75. The lowest BCUT2D eigenvalue weighted by Gasteiger charge is -2.23. The summed E-state index contributed by atoms with van der Waals surface area (Å²) >= 11 is 0. The summed E-state index contributed by atoms with van der Waals surface area (Å²) in [5, 5.41) is 19.3. The average molecular weight is 403 g/mol. The number of hydrogen-bond donors (Lipinski definition) is 1. The molecule has 4 heterocycles. The number of H-pyrrole nitrogens is 1. The Morgan fingerprint density at radius 2 is 2.07 bits per heavy atom. The van der Waals surface area contributed by atoms with Crippen LogP contribution in [-0.2, 0) is 7.05 Å². The Morgan fingerprint density at radius 1 is 1.17 bits per heavy atom. The van der Waals surface area contributed by atoms with Crippen LogP contribution in [0.2, 0.25) is 0 Å². The van der Waals surface area contributed by atoms with E-state index in [-0.39, 0.29) is 11.6 Å². The van der Waals surface area contributed by atoms with Crippen molar-refractivity contribution in [3.05, 3.63) is 64.2 Å². The van der Waals surface area contributed by atoms with Gasteiger partial charge in [0.15, 0.2) is 11.6 Å². The van der Waals surface area contributed by atoms with Crippen molar-refractivity contribution in [3.8, 4) is 22.7 Å². The number of hydrogen-bond acceptors (Lipinski definition) is 7. The zero-order valence-electron chi connectivity index (χ0n) is 16.7. The fourth-order valence-corrected chi connectivity index (χ4v) is 4.01. The molecule has 1 unspecified atom stereocenters. The van der Waals surface area contributed by atoms with E-state index >= 15 is 0 Å². The molecule has 4 aromatic rings. The number of nitrogens with one attached hydrogen (secondary N) is 1. The molecular formula is C21H21N7O2. The molecule has 1 fully saturated rings. The monoisotopic (exact) mass is 403 g/mol.